The zero-order valence-electron chi connectivity index (χ0n) is 11.5. The van der Waals surface area contributed by atoms with E-state index in [-0.39, 0.29) is 11.5 Å². The minimum absolute atomic E-state index is 0.0283. The molecule has 1 fully saturated rings. The topological polar surface area (TPSA) is 82.8 Å². The maximum Gasteiger partial charge on any atom is 0.339 e. The van der Waals surface area contributed by atoms with Crippen LogP contribution >= 0.6 is 0 Å². The van der Waals surface area contributed by atoms with Gasteiger partial charge in [-0.25, -0.2) is 4.79 Å². The summed E-state index contributed by atoms with van der Waals surface area (Å²) < 4.78 is 5.70. The molecule has 1 aliphatic rings. The molecule has 1 amide bonds. The van der Waals surface area contributed by atoms with Crippen molar-refractivity contribution in [3.63, 3.8) is 0 Å². The molecule has 0 aliphatic carbocycles. The van der Waals surface area contributed by atoms with Crippen LogP contribution in [0.2, 0.25) is 0 Å². The highest BCUT2D eigenvalue weighted by molar-refractivity contribution is 6.03. The summed E-state index contributed by atoms with van der Waals surface area (Å²) in [4.78, 5) is 24.9. The summed E-state index contributed by atoms with van der Waals surface area (Å²) in [5.74, 6) is -0.516. The highest BCUT2D eigenvalue weighted by Crippen LogP contribution is 2.27. The lowest BCUT2D eigenvalue weighted by Crippen LogP contribution is -2.28. The summed E-state index contributed by atoms with van der Waals surface area (Å²) in [6.45, 7) is 2.25. The molecule has 2 aromatic rings. The summed E-state index contributed by atoms with van der Waals surface area (Å²) in [7, 11) is 0. The Balaban J connectivity index is 1.91. The van der Waals surface area contributed by atoms with Crippen molar-refractivity contribution in [2.24, 2.45) is 0 Å². The standard InChI is InChI=1S/C15H16N2O4/c18-13-5-7-17(8-6-16-13)9-12-14(15(19)20)10-3-1-2-4-11(10)21-12/h1-4H,5-9H2,(H,16,18)(H,19,20). The van der Waals surface area contributed by atoms with Gasteiger partial charge < -0.3 is 14.8 Å². The molecular weight excluding hydrogens is 272 g/mol. The van der Waals surface area contributed by atoms with Gasteiger partial charge in [0.15, 0.2) is 0 Å². The van der Waals surface area contributed by atoms with E-state index in [9.17, 15) is 14.7 Å². The van der Waals surface area contributed by atoms with Gasteiger partial charge in [0.05, 0.1) is 6.54 Å². The maximum absolute atomic E-state index is 11.5. The van der Waals surface area contributed by atoms with Gasteiger partial charge >= 0.3 is 5.97 Å². The Morgan fingerprint density at radius 3 is 2.95 bits per heavy atom. The molecule has 0 unspecified atom stereocenters. The minimum Gasteiger partial charge on any atom is -0.478 e. The van der Waals surface area contributed by atoms with E-state index in [2.05, 4.69) is 5.32 Å². The van der Waals surface area contributed by atoms with Crippen molar-refractivity contribution in [1.82, 2.24) is 10.2 Å². The molecule has 6 nitrogen and oxygen atoms in total. The van der Waals surface area contributed by atoms with Crippen molar-refractivity contribution >= 4 is 22.8 Å². The summed E-state index contributed by atoms with van der Waals surface area (Å²) in [5, 5.41) is 12.8. The zero-order valence-corrected chi connectivity index (χ0v) is 11.5. The van der Waals surface area contributed by atoms with Gasteiger partial charge in [0.25, 0.3) is 0 Å². The number of nitrogens with zero attached hydrogens (tertiary/aromatic N) is 1. The normalized spacial score (nSPS) is 16.7. The average Bonchev–Trinajstić information content (AvgIpc) is 2.69. The van der Waals surface area contributed by atoms with Crippen LogP contribution < -0.4 is 5.32 Å². The molecule has 0 atom stereocenters. The fourth-order valence-electron chi connectivity index (χ4n) is 2.62. The Morgan fingerprint density at radius 1 is 1.33 bits per heavy atom. The van der Waals surface area contributed by atoms with Gasteiger partial charge in [-0.1, -0.05) is 18.2 Å². The summed E-state index contributed by atoms with van der Waals surface area (Å²) in [6.07, 6.45) is 0.419. The number of carbonyl (C=O) groups excluding carboxylic acids is 1. The molecule has 110 valence electrons. The molecule has 21 heavy (non-hydrogen) atoms. The van der Waals surface area contributed by atoms with Crippen molar-refractivity contribution < 1.29 is 19.1 Å². The van der Waals surface area contributed by atoms with Crippen LogP contribution in [-0.4, -0.2) is 41.5 Å². The molecule has 0 saturated carbocycles. The first-order chi connectivity index (χ1) is 10.1. The van der Waals surface area contributed by atoms with E-state index in [0.717, 1.165) is 0 Å². The number of benzene rings is 1. The number of rotatable bonds is 3. The largest absolute Gasteiger partial charge is 0.478 e. The molecule has 6 heteroatoms. The second-order valence-corrected chi connectivity index (χ2v) is 5.08. The predicted octanol–water partition coefficient (Wildman–Crippen LogP) is 1.45. The summed E-state index contributed by atoms with van der Waals surface area (Å²) in [6, 6.07) is 7.12. The first-order valence-corrected chi connectivity index (χ1v) is 6.88. The number of carboxylic acids is 1. The van der Waals surface area contributed by atoms with Crippen LogP contribution in [0.1, 0.15) is 22.5 Å². The van der Waals surface area contributed by atoms with Crippen molar-refractivity contribution in [2.75, 3.05) is 19.6 Å². The minimum atomic E-state index is -0.987. The molecule has 0 bridgehead atoms. The van der Waals surface area contributed by atoms with Crippen molar-refractivity contribution in [2.45, 2.75) is 13.0 Å². The molecule has 1 aromatic carbocycles. The first kappa shape index (κ1) is 13.6. The van der Waals surface area contributed by atoms with Gasteiger partial charge in [-0.15, -0.1) is 0 Å². The number of hydrogen-bond donors (Lipinski definition) is 2. The Morgan fingerprint density at radius 2 is 2.14 bits per heavy atom. The second kappa shape index (κ2) is 5.57. The smallest absolute Gasteiger partial charge is 0.339 e. The van der Waals surface area contributed by atoms with Crippen LogP contribution in [0, 0.1) is 0 Å². The lowest BCUT2D eigenvalue weighted by Gasteiger charge is -2.17. The van der Waals surface area contributed by atoms with Gasteiger partial charge in [0.1, 0.15) is 16.9 Å². The van der Waals surface area contributed by atoms with Crippen LogP contribution in [-0.2, 0) is 11.3 Å². The number of aromatic carboxylic acids is 1. The third kappa shape index (κ3) is 2.75. The number of carbonyl (C=O) groups is 2. The molecule has 1 aliphatic heterocycles. The Hall–Kier alpha value is -2.34. The molecule has 2 heterocycles. The van der Waals surface area contributed by atoms with Gasteiger partial charge in [0, 0.05) is 31.4 Å². The van der Waals surface area contributed by atoms with Crippen molar-refractivity contribution in [3.8, 4) is 0 Å². The summed E-state index contributed by atoms with van der Waals surface area (Å²) in [5.41, 5.74) is 0.794. The lowest BCUT2D eigenvalue weighted by atomic mass is 10.1. The Kier molecular flexibility index (Phi) is 3.62. The van der Waals surface area contributed by atoms with E-state index >= 15 is 0 Å². The van der Waals surface area contributed by atoms with E-state index in [1.807, 2.05) is 11.0 Å². The van der Waals surface area contributed by atoms with Crippen LogP contribution in [0.3, 0.4) is 0 Å². The Labute approximate surface area is 121 Å². The number of nitrogens with one attached hydrogen (secondary N) is 1. The third-order valence-electron chi connectivity index (χ3n) is 3.65. The van der Waals surface area contributed by atoms with E-state index in [0.29, 0.717) is 49.3 Å². The molecule has 1 aromatic heterocycles. The number of carboxylic acid groups (broad SMARTS) is 1. The van der Waals surface area contributed by atoms with Crippen LogP contribution in [0.4, 0.5) is 0 Å². The zero-order chi connectivity index (χ0) is 14.8. The van der Waals surface area contributed by atoms with E-state index in [1.54, 1.807) is 18.2 Å². The SMILES string of the molecule is O=C1CCN(Cc2oc3ccccc3c2C(=O)O)CCN1. The van der Waals surface area contributed by atoms with Crippen molar-refractivity contribution in [1.29, 1.82) is 0 Å². The van der Waals surface area contributed by atoms with Gasteiger partial charge in [-0.05, 0) is 6.07 Å². The number of amides is 1. The van der Waals surface area contributed by atoms with Gasteiger partial charge in [0.2, 0.25) is 5.91 Å². The van der Waals surface area contributed by atoms with Crippen molar-refractivity contribution in [3.05, 3.63) is 35.6 Å². The number of furan rings is 1. The monoisotopic (exact) mass is 288 g/mol. The maximum atomic E-state index is 11.5. The predicted molar refractivity (Wildman–Crippen MR) is 76.1 cm³/mol. The Bertz CT molecular complexity index is 692. The molecule has 0 spiro atoms. The third-order valence-corrected chi connectivity index (χ3v) is 3.65. The molecule has 0 radical (unpaired) electrons. The van der Waals surface area contributed by atoms with Crippen LogP contribution in [0.5, 0.6) is 0 Å². The quantitative estimate of drug-likeness (QED) is 0.893. The fraction of sp³-hybridized carbons (Fsp3) is 0.333. The number of fused-ring (bicyclic) bond motifs is 1. The molecular formula is C15H16N2O4. The van der Waals surface area contributed by atoms with Crippen LogP contribution in [0.25, 0.3) is 11.0 Å². The second-order valence-electron chi connectivity index (χ2n) is 5.08. The van der Waals surface area contributed by atoms with Crippen LogP contribution in [0.15, 0.2) is 28.7 Å². The fourth-order valence-corrected chi connectivity index (χ4v) is 2.62. The highest BCUT2D eigenvalue weighted by Gasteiger charge is 2.23. The summed E-state index contributed by atoms with van der Waals surface area (Å²) >= 11 is 0. The van der Waals surface area contributed by atoms with Gasteiger partial charge in [-0.2, -0.15) is 0 Å². The number of para-hydroxylation sites is 1. The highest BCUT2D eigenvalue weighted by atomic mass is 16.4. The molecule has 2 N–H and O–H groups in total. The number of hydrogen-bond acceptors (Lipinski definition) is 4. The first-order valence-electron chi connectivity index (χ1n) is 6.88. The molecule has 3 rings (SSSR count). The molecule has 1 saturated heterocycles. The van der Waals surface area contributed by atoms with Gasteiger partial charge in [-0.3, -0.25) is 9.69 Å². The van der Waals surface area contributed by atoms with E-state index < -0.39 is 5.97 Å². The van der Waals surface area contributed by atoms with E-state index in [4.69, 9.17) is 4.42 Å². The van der Waals surface area contributed by atoms with E-state index in [1.165, 1.54) is 0 Å². The average molecular weight is 288 g/mol. The lowest BCUT2D eigenvalue weighted by molar-refractivity contribution is -0.120.